The molecule has 16 heteroatoms. The molecule has 5 aromatic rings. The van der Waals surface area contributed by atoms with E-state index in [2.05, 4.69) is 26.0 Å². The molecule has 1 fully saturated rings. The van der Waals surface area contributed by atoms with E-state index in [9.17, 15) is 19.7 Å². The number of anilines is 2. The summed E-state index contributed by atoms with van der Waals surface area (Å²) >= 11 is 6.55. The van der Waals surface area contributed by atoms with Crippen LogP contribution in [0.3, 0.4) is 0 Å². The van der Waals surface area contributed by atoms with Gasteiger partial charge in [-0.3, -0.25) is 9.59 Å². The van der Waals surface area contributed by atoms with Crippen LogP contribution in [0.4, 0.5) is 17.1 Å². The molecule has 2 amide bonds. The number of carbonyl (C=O) groups excluding carboxylic acids is 2. The summed E-state index contributed by atoms with van der Waals surface area (Å²) in [6.45, 7) is 3.16. The van der Waals surface area contributed by atoms with E-state index < -0.39 is 5.91 Å². The summed E-state index contributed by atoms with van der Waals surface area (Å²) in [6, 6.07) is 16.5. The number of rotatable bonds is 8. The number of benzene rings is 3. The Morgan fingerprint density at radius 1 is 1.07 bits per heavy atom. The fourth-order valence-electron chi connectivity index (χ4n) is 5.25. The van der Waals surface area contributed by atoms with Gasteiger partial charge in [0.1, 0.15) is 34.8 Å². The highest BCUT2D eigenvalue weighted by atomic mass is 35.5. The minimum atomic E-state index is -0.523. The number of para-hydroxylation sites is 1. The molecule has 3 aromatic carbocycles. The molecule has 46 heavy (non-hydrogen) atoms. The number of aromatic nitrogens is 5. The molecule has 0 atom stereocenters. The second kappa shape index (κ2) is 12.6. The Bertz CT molecular complexity index is 1920. The molecule has 0 radical (unpaired) electrons. The summed E-state index contributed by atoms with van der Waals surface area (Å²) in [5, 5.41) is 27.8. The number of aryl methyl sites for hydroxylation is 1. The summed E-state index contributed by atoms with van der Waals surface area (Å²) in [5.41, 5.74) is 2.65. The number of methoxy groups -OCH3 is 1. The van der Waals surface area contributed by atoms with Crippen LogP contribution in [-0.2, 0) is 0 Å². The Morgan fingerprint density at radius 2 is 1.80 bits per heavy atom. The van der Waals surface area contributed by atoms with E-state index in [1.54, 1.807) is 49.3 Å². The second-order valence-electron chi connectivity index (χ2n) is 10.3. The van der Waals surface area contributed by atoms with Crippen molar-refractivity contribution in [3.05, 3.63) is 93.8 Å². The van der Waals surface area contributed by atoms with Crippen molar-refractivity contribution in [1.82, 2.24) is 30.3 Å². The van der Waals surface area contributed by atoms with Crippen molar-refractivity contribution in [3.8, 4) is 22.7 Å². The molecule has 2 N–H and O–H groups in total. The van der Waals surface area contributed by atoms with Crippen molar-refractivity contribution in [3.63, 3.8) is 0 Å². The highest BCUT2D eigenvalue weighted by molar-refractivity contribution is 6.33. The summed E-state index contributed by atoms with van der Waals surface area (Å²) < 4.78 is 12.3. The van der Waals surface area contributed by atoms with Crippen LogP contribution >= 0.6 is 11.6 Å². The number of hydrogen-bond acceptors (Lipinski definition) is 10. The van der Waals surface area contributed by atoms with Gasteiger partial charge in [0.05, 0.1) is 28.4 Å². The largest absolute Gasteiger partial charge is 0.496 e. The Balaban J connectivity index is 1.19. The highest BCUT2D eigenvalue weighted by Crippen LogP contribution is 2.38. The molecule has 0 spiro atoms. The molecule has 0 bridgehead atoms. The third-order valence-corrected chi connectivity index (χ3v) is 7.91. The molecular formula is C30H27ClN9O6+. The fourth-order valence-corrected chi connectivity index (χ4v) is 5.53. The van der Waals surface area contributed by atoms with E-state index in [1.807, 2.05) is 23.1 Å². The highest BCUT2D eigenvalue weighted by Gasteiger charge is 2.31. The molecule has 15 nitrogen and oxygen atoms in total. The number of amides is 2. The van der Waals surface area contributed by atoms with E-state index in [0.29, 0.717) is 71.4 Å². The van der Waals surface area contributed by atoms with Gasteiger partial charge in [0.25, 0.3) is 16.7 Å². The van der Waals surface area contributed by atoms with E-state index in [1.165, 1.54) is 23.1 Å². The molecule has 0 saturated carbocycles. The maximum absolute atomic E-state index is 13.7. The number of halogens is 1. The average molecular weight is 645 g/mol. The summed E-state index contributed by atoms with van der Waals surface area (Å²) in [4.78, 5) is 42.1. The van der Waals surface area contributed by atoms with Gasteiger partial charge in [0.2, 0.25) is 0 Å². The molecule has 1 aliphatic heterocycles. The predicted molar refractivity (Wildman–Crippen MR) is 165 cm³/mol. The lowest BCUT2D eigenvalue weighted by atomic mass is 10.0. The van der Waals surface area contributed by atoms with Gasteiger partial charge in [-0.05, 0) is 59.8 Å². The molecular weight excluding hydrogens is 618 g/mol. The Labute approximate surface area is 266 Å². The fraction of sp³-hybridized carbons (Fsp3) is 0.200. The zero-order valence-electron chi connectivity index (χ0n) is 24.6. The topological polar surface area (TPSA) is 172 Å². The number of nitrogens with one attached hydrogen (secondary N) is 1. The van der Waals surface area contributed by atoms with Crippen molar-refractivity contribution in [1.29, 1.82) is 0 Å². The summed E-state index contributed by atoms with van der Waals surface area (Å²) in [7, 11) is 1.55. The monoisotopic (exact) mass is 644 g/mol. The number of ether oxygens (including phenoxy) is 1. The first-order valence-electron chi connectivity index (χ1n) is 14.0. The van der Waals surface area contributed by atoms with Crippen molar-refractivity contribution in [2.75, 3.05) is 43.5 Å². The first kappa shape index (κ1) is 30.2. The Kier molecular flexibility index (Phi) is 8.31. The maximum Gasteiger partial charge on any atom is 0.341 e. The van der Waals surface area contributed by atoms with E-state index in [-0.39, 0.29) is 27.2 Å². The lowest BCUT2D eigenvalue weighted by Crippen LogP contribution is -2.49. The zero-order chi connectivity index (χ0) is 32.4. The van der Waals surface area contributed by atoms with Gasteiger partial charge in [-0.1, -0.05) is 28.9 Å². The van der Waals surface area contributed by atoms with Crippen LogP contribution in [0, 0.1) is 11.8 Å². The van der Waals surface area contributed by atoms with E-state index in [4.69, 9.17) is 20.9 Å². The SMILES string of the molecule is COc1ccccc1-c1noc(C)c1C(=O)N1CCN(c2cc(NC(=O)c3ccc(-n4cnnn4)cc3)c([N+](=O)O)cc2Cl)CC1. The molecule has 0 aliphatic carbocycles. The molecule has 6 rings (SSSR count). The van der Waals surface area contributed by atoms with Gasteiger partial charge in [0.15, 0.2) is 0 Å². The zero-order valence-corrected chi connectivity index (χ0v) is 25.4. The van der Waals surface area contributed by atoms with E-state index in [0.717, 1.165) is 0 Å². The number of nitrogens with zero attached hydrogens (tertiary/aromatic N) is 8. The Hall–Kier alpha value is -5.83. The lowest BCUT2D eigenvalue weighted by molar-refractivity contribution is -0.729. The van der Waals surface area contributed by atoms with Crippen molar-refractivity contribution < 1.29 is 29.0 Å². The van der Waals surface area contributed by atoms with Gasteiger partial charge in [-0.2, -0.15) is 0 Å². The molecule has 234 valence electrons. The molecule has 0 unspecified atom stereocenters. The van der Waals surface area contributed by atoms with Gasteiger partial charge in [0, 0.05) is 43.4 Å². The summed E-state index contributed by atoms with van der Waals surface area (Å²) in [5.74, 6) is 0.201. The Morgan fingerprint density at radius 3 is 2.48 bits per heavy atom. The van der Waals surface area contributed by atoms with Gasteiger partial charge in [-0.15, -0.1) is 5.10 Å². The predicted octanol–water partition coefficient (Wildman–Crippen LogP) is 4.30. The third kappa shape index (κ3) is 5.82. The normalized spacial score (nSPS) is 13.0. The third-order valence-electron chi connectivity index (χ3n) is 7.61. The van der Waals surface area contributed by atoms with Crippen molar-refractivity contribution in [2.45, 2.75) is 6.92 Å². The summed E-state index contributed by atoms with van der Waals surface area (Å²) in [6.07, 6.45) is 1.42. The number of tetrazole rings is 1. The van der Waals surface area contributed by atoms with E-state index >= 15 is 0 Å². The second-order valence-corrected chi connectivity index (χ2v) is 10.7. The van der Waals surface area contributed by atoms with Crippen LogP contribution < -0.4 is 15.0 Å². The minimum Gasteiger partial charge on any atom is -0.496 e. The molecule has 1 saturated heterocycles. The van der Waals surface area contributed by atoms with Crippen molar-refractivity contribution in [2.24, 2.45) is 0 Å². The first-order valence-corrected chi connectivity index (χ1v) is 14.4. The van der Waals surface area contributed by atoms with Crippen LogP contribution in [0.25, 0.3) is 16.9 Å². The quantitative estimate of drug-likeness (QED) is 0.231. The van der Waals surface area contributed by atoms with Crippen LogP contribution in [0.2, 0.25) is 5.02 Å². The van der Waals surface area contributed by atoms with Crippen LogP contribution in [0.5, 0.6) is 5.75 Å². The van der Waals surface area contributed by atoms with Gasteiger partial charge < -0.3 is 24.4 Å². The number of carbonyl (C=O) groups is 2. The standard InChI is InChI=1S/C30H26ClN9O6/c1-18-27(28(34-46-18)21-5-3-4-6-26(21)45-2)30(42)38-13-11-37(12-14-38)24-16-23(25(40(43)44)15-22(24)31)33-29(41)19-7-9-20(10-8-19)39-17-32-35-36-39/h3-10,15-17H,11-14H2,1-2H3,(H-,33,41,43,44)/p+1. The average Bonchev–Trinajstić information content (AvgIpc) is 3.75. The molecule has 1 aliphatic rings. The van der Waals surface area contributed by atoms with Gasteiger partial charge in [-0.25, -0.2) is 9.89 Å². The number of piperazine rings is 1. The smallest absolute Gasteiger partial charge is 0.341 e. The number of hydrogen-bond donors (Lipinski definition) is 2. The first-order chi connectivity index (χ1) is 22.2. The van der Waals surface area contributed by atoms with Gasteiger partial charge >= 0.3 is 5.69 Å². The van der Waals surface area contributed by atoms with Crippen LogP contribution in [-0.4, -0.2) is 85.5 Å². The maximum atomic E-state index is 13.7. The lowest BCUT2D eigenvalue weighted by Gasteiger charge is -2.36. The minimum absolute atomic E-state index is 0.0477. The van der Waals surface area contributed by atoms with Crippen LogP contribution in [0.15, 0.2) is 71.5 Å². The van der Waals surface area contributed by atoms with Crippen LogP contribution in [0.1, 0.15) is 26.5 Å². The molecule has 2 aromatic heterocycles. The molecule has 3 heterocycles. The van der Waals surface area contributed by atoms with Crippen molar-refractivity contribution >= 4 is 40.5 Å².